The molecule has 0 N–H and O–H groups in total. The zero-order valence-electron chi connectivity index (χ0n) is 9.35. The van der Waals surface area contributed by atoms with Crippen LogP contribution in [0.25, 0.3) is 10.9 Å². The van der Waals surface area contributed by atoms with E-state index in [1.165, 1.54) is 5.52 Å². The van der Waals surface area contributed by atoms with Crippen LogP contribution in [0.2, 0.25) is 0 Å². The topological polar surface area (TPSA) is 31.2 Å². The summed E-state index contributed by atoms with van der Waals surface area (Å²) in [5.41, 5.74) is 1.89. The summed E-state index contributed by atoms with van der Waals surface area (Å²) in [5.74, 6) is 0. The van der Waals surface area contributed by atoms with Crippen molar-refractivity contribution < 1.29 is 9.53 Å². The van der Waals surface area contributed by atoms with Gasteiger partial charge in [0.1, 0.15) is 6.29 Å². The highest BCUT2D eigenvalue weighted by molar-refractivity contribution is 5.87. The number of nitrogens with zero attached hydrogens (tertiary/aromatic N) is 1. The second-order valence-electron chi connectivity index (χ2n) is 3.79. The van der Waals surface area contributed by atoms with E-state index in [9.17, 15) is 4.79 Å². The Balaban J connectivity index is 2.23. The Morgan fingerprint density at radius 3 is 3.00 bits per heavy atom. The highest BCUT2D eigenvalue weighted by Crippen LogP contribution is 2.17. The standard InChI is InChI=1S/C13H15NO2/c1-16-8-2-6-14-7-5-12-9-11(10-15)3-4-13(12)14/h3-5,7,9-10H,2,6,8H2,1H3. The number of benzene rings is 1. The largest absolute Gasteiger partial charge is 0.385 e. The number of methoxy groups -OCH3 is 1. The smallest absolute Gasteiger partial charge is 0.150 e. The molecule has 84 valence electrons. The van der Waals surface area contributed by atoms with Crippen molar-refractivity contribution in [2.75, 3.05) is 13.7 Å². The van der Waals surface area contributed by atoms with Gasteiger partial charge in [-0.3, -0.25) is 4.79 Å². The molecule has 1 aromatic carbocycles. The van der Waals surface area contributed by atoms with Crippen molar-refractivity contribution in [3.63, 3.8) is 0 Å². The predicted octanol–water partition coefficient (Wildman–Crippen LogP) is 2.49. The number of aromatic nitrogens is 1. The normalized spacial score (nSPS) is 10.8. The van der Waals surface area contributed by atoms with Crippen molar-refractivity contribution in [2.24, 2.45) is 0 Å². The molecule has 0 spiro atoms. The molecule has 2 aromatic rings. The lowest BCUT2D eigenvalue weighted by Crippen LogP contribution is -1.99. The molecule has 3 heteroatoms. The third-order valence-electron chi connectivity index (χ3n) is 2.68. The Kier molecular flexibility index (Phi) is 3.37. The van der Waals surface area contributed by atoms with E-state index in [0.29, 0.717) is 0 Å². The van der Waals surface area contributed by atoms with Gasteiger partial charge in [-0.2, -0.15) is 0 Å². The van der Waals surface area contributed by atoms with Crippen molar-refractivity contribution in [3.05, 3.63) is 36.0 Å². The van der Waals surface area contributed by atoms with Crippen molar-refractivity contribution in [1.29, 1.82) is 0 Å². The van der Waals surface area contributed by atoms with E-state index in [0.717, 1.165) is 36.8 Å². The Bertz CT molecular complexity index is 488. The SMILES string of the molecule is COCCCn1ccc2cc(C=O)ccc21. The lowest BCUT2D eigenvalue weighted by atomic mass is 10.2. The average Bonchev–Trinajstić information content (AvgIpc) is 2.72. The van der Waals surface area contributed by atoms with E-state index in [1.54, 1.807) is 7.11 Å². The van der Waals surface area contributed by atoms with E-state index in [2.05, 4.69) is 10.8 Å². The molecule has 0 atom stereocenters. The van der Waals surface area contributed by atoms with Crippen molar-refractivity contribution >= 4 is 17.2 Å². The van der Waals surface area contributed by atoms with E-state index >= 15 is 0 Å². The third-order valence-corrected chi connectivity index (χ3v) is 2.68. The van der Waals surface area contributed by atoms with Crippen LogP contribution in [0.15, 0.2) is 30.5 Å². The molecule has 1 aromatic heterocycles. The number of aryl methyl sites for hydroxylation is 1. The zero-order chi connectivity index (χ0) is 11.4. The van der Waals surface area contributed by atoms with Gasteiger partial charge >= 0.3 is 0 Å². The zero-order valence-corrected chi connectivity index (χ0v) is 9.35. The van der Waals surface area contributed by atoms with Gasteiger partial charge in [-0.1, -0.05) is 0 Å². The van der Waals surface area contributed by atoms with Crippen molar-refractivity contribution in [3.8, 4) is 0 Å². The van der Waals surface area contributed by atoms with E-state index in [1.807, 2.05) is 24.3 Å². The Hall–Kier alpha value is -1.61. The van der Waals surface area contributed by atoms with Crippen molar-refractivity contribution in [1.82, 2.24) is 4.57 Å². The third kappa shape index (κ3) is 2.14. The Morgan fingerprint density at radius 1 is 1.38 bits per heavy atom. The summed E-state index contributed by atoms with van der Waals surface area (Å²) < 4.78 is 7.21. The maximum Gasteiger partial charge on any atom is 0.150 e. The number of aldehydes is 1. The second-order valence-corrected chi connectivity index (χ2v) is 3.79. The highest BCUT2D eigenvalue weighted by Gasteiger charge is 2.01. The summed E-state index contributed by atoms with van der Waals surface area (Å²) >= 11 is 0. The fourth-order valence-electron chi connectivity index (χ4n) is 1.87. The van der Waals surface area contributed by atoms with E-state index < -0.39 is 0 Å². The Morgan fingerprint density at radius 2 is 2.25 bits per heavy atom. The summed E-state index contributed by atoms with van der Waals surface area (Å²) in [4.78, 5) is 10.6. The molecule has 0 aliphatic heterocycles. The minimum Gasteiger partial charge on any atom is -0.385 e. The van der Waals surface area contributed by atoms with Crippen molar-refractivity contribution in [2.45, 2.75) is 13.0 Å². The molecule has 2 rings (SSSR count). The van der Waals surface area contributed by atoms with Crippen LogP contribution in [0.1, 0.15) is 16.8 Å². The Labute approximate surface area is 94.6 Å². The van der Waals surface area contributed by atoms with Gasteiger partial charge < -0.3 is 9.30 Å². The first-order chi connectivity index (χ1) is 7.85. The number of rotatable bonds is 5. The molecule has 3 nitrogen and oxygen atoms in total. The molecule has 0 amide bonds. The number of ether oxygens (including phenoxy) is 1. The second kappa shape index (κ2) is 4.94. The van der Waals surface area contributed by atoms with Gasteiger partial charge in [0.25, 0.3) is 0 Å². The lowest BCUT2D eigenvalue weighted by Gasteiger charge is -2.04. The van der Waals surface area contributed by atoms with Crippen LogP contribution in [-0.4, -0.2) is 24.6 Å². The summed E-state index contributed by atoms with van der Waals surface area (Å²) in [7, 11) is 1.71. The molecule has 1 heterocycles. The first kappa shape index (κ1) is 10.9. The molecule has 0 saturated carbocycles. The minimum atomic E-state index is 0.724. The van der Waals surface area contributed by atoms with E-state index in [-0.39, 0.29) is 0 Å². The molecule has 0 fully saturated rings. The number of carbonyl (C=O) groups is 1. The van der Waals surface area contributed by atoms with Gasteiger partial charge in [0.2, 0.25) is 0 Å². The van der Waals surface area contributed by atoms with Crippen LogP contribution < -0.4 is 0 Å². The van der Waals surface area contributed by atoms with Crippen LogP contribution in [0.5, 0.6) is 0 Å². The number of hydrogen-bond donors (Lipinski definition) is 0. The summed E-state index contributed by atoms with van der Waals surface area (Å²) in [6, 6.07) is 7.79. The molecule has 16 heavy (non-hydrogen) atoms. The number of carbonyl (C=O) groups excluding carboxylic acids is 1. The van der Waals surface area contributed by atoms with Gasteiger partial charge in [-0.05, 0) is 30.7 Å². The van der Waals surface area contributed by atoms with Gasteiger partial charge in [-0.25, -0.2) is 0 Å². The predicted molar refractivity (Wildman–Crippen MR) is 63.8 cm³/mol. The average molecular weight is 217 g/mol. The summed E-state index contributed by atoms with van der Waals surface area (Å²) in [6.07, 6.45) is 3.92. The molecular formula is C13H15NO2. The number of fused-ring (bicyclic) bond motifs is 1. The fourth-order valence-corrected chi connectivity index (χ4v) is 1.87. The molecule has 0 aliphatic rings. The quantitative estimate of drug-likeness (QED) is 0.569. The summed E-state index contributed by atoms with van der Waals surface area (Å²) in [6.45, 7) is 1.71. The highest BCUT2D eigenvalue weighted by atomic mass is 16.5. The molecule has 0 saturated heterocycles. The minimum absolute atomic E-state index is 0.724. The maximum atomic E-state index is 10.6. The molecule has 0 bridgehead atoms. The van der Waals surface area contributed by atoms with Crippen LogP contribution in [-0.2, 0) is 11.3 Å². The molecule has 0 unspecified atom stereocenters. The van der Waals surface area contributed by atoms with Gasteiger partial charge in [0.05, 0.1) is 0 Å². The first-order valence-corrected chi connectivity index (χ1v) is 5.38. The number of hydrogen-bond acceptors (Lipinski definition) is 2. The summed E-state index contributed by atoms with van der Waals surface area (Å²) in [5, 5.41) is 1.11. The maximum absolute atomic E-state index is 10.6. The first-order valence-electron chi connectivity index (χ1n) is 5.38. The van der Waals surface area contributed by atoms with Crippen LogP contribution >= 0.6 is 0 Å². The molecule has 0 radical (unpaired) electrons. The van der Waals surface area contributed by atoms with Crippen LogP contribution in [0, 0.1) is 0 Å². The monoisotopic (exact) mass is 217 g/mol. The fraction of sp³-hybridized carbons (Fsp3) is 0.308. The van der Waals surface area contributed by atoms with Crippen LogP contribution in [0.3, 0.4) is 0 Å². The van der Waals surface area contributed by atoms with Gasteiger partial charge in [0.15, 0.2) is 0 Å². The lowest BCUT2D eigenvalue weighted by molar-refractivity contribution is 0.112. The molecule has 0 aliphatic carbocycles. The van der Waals surface area contributed by atoms with Crippen LogP contribution in [0.4, 0.5) is 0 Å². The molecular weight excluding hydrogens is 202 g/mol. The van der Waals surface area contributed by atoms with E-state index in [4.69, 9.17) is 4.74 Å². The van der Waals surface area contributed by atoms with Gasteiger partial charge in [0, 0.05) is 42.9 Å². The van der Waals surface area contributed by atoms with Gasteiger partial charge in [-0.15, -0.1) is 0 Å².